The van der Waals surface area contributed by atoms with Gasteiger partial charge in [0.2, 0.25) is 0 Å². The van der Waals surface area contributed by atoms with Crippen molar-refractivity contribution in [3.8, 4) is 5.75 Å². The van der Waals surface area contributed by atoms with Crippen molar-refractivity contribution in [2.75, 3.05) is 0 Å². The highest BCUT2D eigenvalue weighted by Gasteiger charge is 2.09. The lowest BCUT2D eigenvalue weighted by Gasteiger charge is -2.06. The van der Waals surface area contributed by atoms with E-state index >= 15 is 0 Å². The molecule has 0 bridgehead atoms. The molecule has 0 heterocycles. The fraction of sp³-hybridized carbons (Fsp3) is 0.125. The lowest BCUT2D eigenvalue weighted by molar-refractivity contribution is 0.0954. The summed E-state index contributed by atoms with van der Waals surface area (Å²) in [5, 5.41) is 14.1. The Morgan fingerprint density at radius 2 is 1.95 bits per heavy atom. The highest BCUT2D eigenvalue weighted by molar-refractivity contribution is 6.32. The van der Waals surface area contributed by atoms with Crippen LogP contribution in [-0.4, -0.2) is 16.7 Å². The molecule has 0 fully saturated rings. The van der Waals surface area contributed by atoms with Crippen LogP contribution in [0.15, 0.2) is 47.6 Å². The van der Waals surface area contributed by atoms with E-state index in [2.05, 4.69) is 10.5 Å². The average Bonchev–Trinajstić information content (AvgIpc) is 2.47. The Bertz CT molecular complexity index is 711. The molecule has 5 heteroatoms. The largest absolute Gasteiger partial charge is 0.506 e. The first-order chi connectivity index (χ1) is 9.99. The number of amides is 1. The normalized spacial score (nSPS) is 11.3. The summed E-state index contributed by atoms with van der Waals surface area (Å²) >= 11 is 5.84. The summed E-state index contributed by atoms with van der Waals surface area (Å²) in [5.74, 6) is -0.357. The quantitative estimate of drug-likeness (QED) is 0.673. The van der Waals surface area contributed by atoms with Crippen LogP contribution in [0.2, 0.25) is 5.02 Å². The zero-order valence-corrected chi connectivity index (χ0v) is 12.5. The number of nitrogens with zero attached hydrogens (tertiary/aromatic N) is 1. The van der Waals surface area contributed by atoms with Gasteiger partial charge >= 0.3 is 0 Å². The number of nitrogens with one attached hydrogen (secondary N) is 1. The van der Waals surface area contributed by atoms with Gasteiger partial charge in [-0.2, -0.15) is 5.10 Å². The SMILES string of the molecule is CC(=NNC(=O)c1cccc(C)c1)c1cccc(Cl)c1O. The molecule has 0 aliphatic heterocycles. The zero-order chi connectivity index (χ0) is 15.4. The molecule has 0 aromatic heterocycles. The lowest BCUT2D eigenvalue weighted by Crippen LogP contribution is -2.19. The minimum atomic E-state index is -0.306. The number of aromatic hydroxyl groups is 1. The summed E-state index contributed by atoms with van der Waals surface area (Å²) in [4.78, 5) is 12.0. The molecule has 4 nitrogen and oxygen atoms in total. The molecule has 21 heavy (non-hydrogen) atoms. The summed E-state index contributed by atoms with van der Waals surface area (Å²) in [6, 6.07) is 12.2. The molecular formula is C16H15ClN2O2. The van der Waals surface area contributed by atoms with E-state index in [-0.39, 0.29) is 16.7 Å². The highest BCUT2D eigenvalue weighted by Crippen LogP contribution is 2.27. The minimum absolute atomic E-state index is 0.0507. The summed E-state index contributed by atoms with van der Waals surface area (Å²) in [6.45, 7) is 3.59. The number of aryl methyl sites for hydroxylation is 1. The summed E-state index contributed by atoms with van der Waals surface area (Å²) in [6.07, 6.45) is 0. The number of halogens is 1. The number of phenols is 1. The van der Waals surface area contributed by atoms with Gasteiger partial charge in [-0.15, -0.1) is 0 Å². The van der Waals surface area contributed by atoms with E-state index in [0.29, 0.717) is 16.8 Å². The van der Waals surface area contributed by atoms with Crippen molar-refractivity contribution in [2.45, 2.75) is 13.8 Å². The third-order valence-electron chi connectivity index (χ3n) is 2.98. The molecule has 2 aromatic rings. The molecule has 0 atom stereocenters. The minimum Gasteiger partial charge on any atom is -0.506 e. The molecule has 0 aliphatic rings. The van der Waals surface area contributed by atoms with Crippen molar-refractivity contribution in [1.29, 1.82) is 0 Å². The Morgan fingerprint density at radius 1 is 1.24 bits per heavy atom. The monoisotopic (exact) mass is 302 g/mol. The molecule has 0 aliphatic carbocycles. The topological polar surface area (TPSA) is 61.7 Å². The Labute approximate surface area is 128 Å². The van der Waals surface area contributed by atoms with Crippen molar-refractivity contribution in [3.05, 3.63) is 64.2 Å². The number of carbonyl (C=O) groups is 1. The first-order valence-electron chi connectivity index (χ1n) is 6.38. The number of hydrogen-bond donors (Lipinski definition) is 2. The molecule has 0 radical (unpaired) electrons. The van der Waals surface area contributed by atoms with Gasteiger partial charge < -0.3 is 5.11 Å². The second-order valence-corrected chi connectivity index (χ2v) is 5.05. The third kappa shape index (κ3) is 3.61. The maximum absolute atomic E-state index is 12.0. The lowest BCUT2D eigenvalue weighted by atomic mass is 10.1. The van der Waals surface area contributed by atoms with Gasteiger partial charge in [-0.3, -0.25) is 4.79 Å². The summed E-state index contributed by atoms with van der Waals surface area (Å²) < 4.78 is 0. The van der Waals surface area contributed by atoms with Crippen LogP contribution in [0.1, 0.15) is 28.4 Å². The van der Waals surface area contributed by atoms with E-state index in [1.165, 1.54) is 0 Å². The predicted octanol–water partition coefficient (Wildman–Crippen LogP) is 3.51. The summed E-state index contributed by atoms with van der Waals surface area (Å²) in [7, 11) is 0. The van der Waals surface area contributed by atoms with Gasteiger partial charge in [0.1, 0.15) is 5.75 Å². The second-order valence-electron chi connectivity index (χ2n) is 4.64. The highest BCUT2D eigenvalue weighted by atomic mass is 35.5. The van der Waals surface area contributed by atoms with Crippen LogP contribution in [0.4, 0.5) is 0 Å². The van der Waals surface area contributed by atoms with E-state index in [9.17, 15) is 9.90 Å². The number of carbonyl (C=O) groups excluding carboxylic acids is 1. The van der Waals surface area contributed by atoms with Crippen LogP contribution in [0.25, 0.3) is 0 Å². The first-order valence-corrected chi connectivity index (χ1v) is 6.76. The smallest absolute Gasteiger partial charge is 0.271 e. The standard InChI is InChI=1S/C16H15ClN2O2/c1-10-5-3-6-12(9-10)16(21)19-18-11(2)13-7-4-8-14(17)15(13)20/h3-9,20H,1-2H3,(H,19,21). The molecule has 2 aromatic carbocycles. The van der Waals surface area contributed by atoms with Gasteiger partial charge in [0.15, 0.2) is 0 Å². The van der Waals surface area contributed by atoms with Crippen molar-refractivity contribution in [3.63, 3.8) is 0 Å². The second kappa shape index (κ2) is 6.41. The molecule has 2 N–H and O–H groups in total. The van der Waals surface area contributed by atoms with E-state index in [1.807, 2.05) is 19.1 Å². The van der Waals surface area contributed by atoms with Crippen LogP contribution in [0.3, 0.4) is 0 Å². The molecule has 0 saturated carbocycles. The van der Waals surface area contributed by atoms with Gasteiger partial charge in [-0.25, -0.2) is 5.43 Å². The van der Waals surface area contributed by atoms with Gasteiger partial charge in [0.25, 0.3) is 5.91 Å². The van der Waals surface area contributed by atoms with E-state index in [0.717, 1.165) is 5.56 Å². The van der Waals surface area contributed by atoms with Crippen LogP contribution >= 0.6 is 11.6 Å². The maximum Gasteiger partial charge on any atom is 0.271 e. The fourth-order valence-corrected chi connectivity index (χ4v) is 2.03. The Morgan fingerprint density at radius 3 is 2.67 bits per heavy atom. The first kappa shape index (κ1) is 15.1. The zero-order valence-electron chi connectivity index (χ0n) is 11.7. The number of phenolic OH excluding ortho intramolecular Hbond substituents is 1. The predicted molar refractivity (Wildman–Crippen MR) is 84.0 cm³/mol. The van der Waals surface area contributed by atoms with Gasteiger partial charge in [-0.1, -0.05) is 35.4 Å². The van der Waals surface area contributed by atoms with Crippen molar-refractivity contribution >= 4 is 23.2 Å². The Kier molecular flexibility index (Phi) is 4.60. The number of hydrogen-bond acceptors (Lipinski definition) is 3. The Balaban J connectivity index is 2.17. The number of benzene rings is 2. The molecule has 0 unspecified atom stereocenters. The van der Waals surface area contributed by atoms with E-state index < -0.39 is 0 Å². The number of para-hydroxylation sites is 1. The maximum atomic E-state index is 12.0. The van der Waals surface area contributed by atoms with Crippen LogP contribution < -0.4 is 5.43 Å². The van der Waals surface area contributed by atoms with Gasteiger partial charge in [0, 0.05) is 11.1 Å². The molecule has 108 valence electrons. The molecule has 0 saturated heterocycles. The molecule has 2 rings (SSSR count). The summed E-state index contributed by atoms with van der Waals surface area (Å²) in [5.41, 5.74) is 4.94. The van der Waals surface area contributed by atoms with Crippen LogP contribution in [0.5, 0.6) is 5.75 Å². The van der Waals surface area contributed by atoms with Crippen LogP contribution in [-0.2, 0) is 0 Å². The van der Waals surface area contributed by atoms with Gasteiger partial charge in [0.05, 0.1) is 10.7 Å². The number of rotatable bonds is 3. The number of hydrazone groups is 1. The fourth-order valence-electron chi connectivity index (χ4n) is 1.85. The third-order valence-corrected chi connectivity index (χ3v) is 3.29. The Hall–Kier alpha value is -2.33. The van der Waals surface area contributed by atoms with Crippen LogP contribution in [0, 0.1) is 6.92 Å². The molecule has 0 spiro atoms. The van der Waals surface area contributed by atoms with Gasteiger partial charge in [-0.05, 0) is 38.1 Å². The molecular weight excluding hydrogens is 288 g/mol. The van der Waals surface area contributed by atoms with Crippen molar-refractivity contribution in [2.24, 2.45) is 5.10 Å². The molecule has 1 amide bonds. The van der Waals surface area contributed by atoms with E-state index in [1.54, 1.807) is 37.3 Å². The average molecular weight is 303 g/mol. The van der Waals surface area contributed by atoms with Crippen molar-refractivity contribution in [1.82, 2.24) is 5.43 Å². The van der Waals surface area contributed by atoms with E-state index in [4.69, 9.17) is 11.6 Å². The van der Waals surface area contributed by atoms with Crippen molar-refractivity contribution < 1.29 is 9.90 Å².